The van der Waals surface area contributed by atoms with Gasteiger partial charge in [-0.15, -0.1) is 6.42 Å². The minimum atomic E-state index is 0. The Morgan fingerprint density at radius 1 is 1.64 bits per heavy atom. The van der Waals surface area contributed by atoms with Crippen molar-refractivity contribution < 1.29 is 0 Å². The third-order valence-electron chi connectivity index (χ3n) is 0.734. The molecule has 0 radical (unpaired) electrons. The van der Waals surface area contributed by atoms with Crippen LogP contribution in [0.25, 0.3) is 0 Å². The Kier molecular flexibility index (Phi) is 9.60. The molecule has 0 aromatic carbocycles. The zero-order valence-corrected chi connectivity index (χ0v) is 8.71. The fraction of sp³-hybridized carbons (Fsp3) is 0.143. The van der Waals surface area contributed by atoms with Crippen LogP contribution in [0.3, 0.4) is 0 Å². The van der Waals surface area contributed by atoms with Crippen LogP contribution in [0.5, 0.6) is 0 Å². The van der Waals surface area contributed by atoms with Crippen LogP contribution in [-0.2, 0) is 0 Å². The van der Waals surface area contributed by atoms with Gasteiger partial charge in [0.25, 0.3) is 0 Å². The largest absolute Gasteiger partial charge is 0.344 e. The van der Waals surface area contributed by atoms with E-state index in [1.54, 1.807) is 6.08 Å². The summed E-state index contributed by atoms with van der Waals surface area (Å²) in [6.07, 6.45) is 8.75. The third-order valence-corrected chi connectivity index (χ3v) is 1.51. The lowest BCUT2D eigenvalue weighted by molar-refractivity contribution is 1.69. The van der Waals surface area contributed by atoms with Gasteiger partial charge in [-0.2, -0.15) is 0 Å². The van der Waals surface area contributed by atoms with Gasteiger partial charge < -0.3 is 6.15 Å². The maximum absolute atomic E-state index is 5.23. The Morgan fingerprint density at radius 2 is 2.18 bits per heavy atom. The standard InChI is InChI=1S/C7H8BrNS.H3N/c1-3-7(10-9)5-4-6(2)8;/h1,4-5H,9H2,2H3;1H3/b6-4+,7-5+;. The Morgan fingerprint density at radius 3 is 2.45 bits per heavy atom. The van der Waals surface area contributed by atoms with E-state index >= 15 is 0 Å². The zero-order valence-electron chi connectivity index (χ0n) is 6.30. The summed E-state index contributed by atoms with van der Waals surface area (Å²) in [5.41, 5.74) is 0. The van der Waals surface area contributed by atoms with Gasteiger partial charge in [-0.05, 0) is 29.4 Å². The number of allylic oxidation sites excluding steroid dienone is 4. The molecule has 0 aliphatic carbocycles. The summed E-state index contributed by atoms with van der Waals surface area (Å²) in [6, 6.07) is 0. The van der Waals surface area contributed by atoms with Gasteiger partial charge in [-0.3, -0.25) is 5.14 Å². The Labute approximate surface area is 80.2 Å². The lowest BCUT2D eigenvalue weighted by Gasteiger charge is -1.87. The topological polar surface area (TPSA) is 61.0 Å². The van der Waals surface area contributed by atoms with E-state index in [0.717, 1.165) is 21.3 Å². The molecule has 0 aromatic rings. The molecule has 0 unspecified atom stereocenters. The minimum absolute atomic E-state index is 0. The average molecular weight is 235 g/mol. The highest BCUT2D eigenvalue weighted by Gasteiger charge is 1.84. The molecule has 0 aromatic heterocycles. The Bertz CT molecular complexity index is 199. The number of terminal acetylenes is 1. The first kappa shape index (κ1) is 13.4. The van der Waals surface area contributed by atoms with Crippen molar-refractivity contribution in [3.05, 3.63) is 21.5 Å². The average Bonchev–Trinajstić information content (AvgIpc) is 1.90. The number of hydrogen-bond acceptors (Lipinski definition) is 3. The first-order valence-electron chi connectivity index (χ1n) is 2.58. The molecule has 5 N–H and O–H groups in total. The molecule has 11 heavy (non-hydrogen) atoms. The van der Waals surface area contributed by atoms with Crippen LogP contribution in [0.15, 0.2) is 21.5 Å². The van der Waals surface area contributed by atoms with Crippen LogP contribution in [0.2, 0.25) is 0 Å². The van der Waals surface area contributed by atoms with E-state index in [2.05, 4.69) is 21.9 Å². The van der Waals surface area contributed by atoms with Gasteiger partial charge in [0.1, 0.15) is 0 Å². The fourth-order valence-corrected chi connectivity index (χ4v) is 0.659. The molecular formula is C7H11BrN2S. The van der Waals surface area contributed by atoms with E-state index < -0.39 is 0 Å². The van der Waals surface area contributed by atoms with Crippen LogP contribution in [0.4, 0.5) is 0 Å². The van der Waals surface area contributed by atoms with E-state index in [4.69, 9.17) is 11.6 Å². The zero-order chi connectivity index (χ0) is 7.98. The van der Waals surface area contributed by atoms with Crippen molar-refractivity contribution in [2.24, 2.45) is 5.14 Å². The molecule has 0 aliphatic heterocycles. The molecule has 4 heteroatoms. The predicted octanol–water partition coefficient (Wildman–Crippen LogP) is 2.57. The van der Waals surface area contributed by atoms with E-state index in [1.165, 1.54) is 0 Å². The van der Waals surface area contributed by atoms with Crippen molar-refractivity contribution in [2.45, 2.75) is 6.92 Å². The Hall–Kier alpha value is -0.210. The van der Waals surface area contributed by atoms with Gasteiger partial charge in [0.05, 0.1) is 4.91 Å². The highest BCUT2D eigenvalue weighted by molar-refractivity contribution is 9.11. The van der Waals surface area contributed by atoms with Crippen molar-refractivity contribution >= 4 is 27.9 Å². The molecule has 0 saturated carbocycles. The molecule has 0 bridgehead atoms. The van der Waals surface area contributed by atoms with E-state index in [0.29, 0.717) is 0 Å². The molecule has 0 aliphatic rings. The van der Waals surface area contributed by atoms with Gasteiger partial charge in [0, 0.05) is 0 Å². The summed E-state index contributed by atoms with van der Waals surface area (Å²) in [5.74, 6) is 2.44. The normalized spacial score (nSPS) is 11.8. The minimum Gasteiger partial charge on any atom is -0.344 e. The molecule has 0 rings (SSSR count). The van der Waals surface area contributed by atoms with Crippen molar-refractivity contribution in [3.63, 3.8) is 0 Å². The number of halogens is 1. The first-order valence-corrected chi connectivity index (χ1v) is 4.25. The molecule has 0 spiro atoms. The van der Waals surface area contributed by atoms with Crippen LogP contribution < -0.4 is 11.3 Å². The fourth-order valence-electron chi connectivity index (χ4n) is 0.312. The van der Waals surface area contributed by atoms with Gasteiger partial charge >= 0.3 is 0 Å². The second kappa shape index (κ2) is 7.89. The van der Waals surface area contributed by atoms with Crippen LogP contribution in [0, 0.1) is 12.3 Å². The molecule has 62 valence electrons. The molecule has 0 amide bonds. The predicted molar refractivity (Wildman–Crippen MR) is 56.4 cm³/mol. The second-order valence-corrected chi connectivity index (χ2v) is 3.47. The molecule has 0 atom stereocenters. The van der Waals surface area contributed by atoms with Crippen LogP contribution >= 0.6 is 27.9 Å². The number of rotatable bonds is 2. The van der Waals surface area contributed by atoms with Crippen molar-refractivity contribution in [1.29, 1.82) is 0 Å². The lowest BCUT2D eigenvalue weighted by Crippen LogP contribution is -1.78. The summed E-state index contributed by atoms with van der Waals surface area (Å²) >= 11 is 4.33. The SMILES string of the molecule is C#C/C(=C\C=C(/C)Br)SN.N. The summed E-state index contributed by atoms with van der Waals surface area (Å²) < 4.78 is 1.02. The van der Waals surface area contributed by atoms with E-state index in [9.17, 15) is 0 Å². The maximum Gasteiger partial charge on any atom is 0.0722 e. The van der Waals surface area contributed by atoms with Crippen molar-refractivity contribution in [1.82, 2.24) is 6.15 Å². The molecular weight excluding hydrogens is 224 g/mol. The van der Waals surface area contributed by atoms with Crippen LogP contribution in [0.1, 0.15) is 6.92 Å². The van der Waals surface area contributed by atoms with Gasteiger partial charge in [0.15, 0.2) is 0 Å². The highest BCUT2D eigenvalue weighted by Crippen LogP contribution is 2.08. The summed E-state index contributed by atoms with van der Waals surface area (Å²) in [6.45, 7) is 1.92. The third kappa shape index (κ3) is 7.69. The first-order chi connectivity index (χ1) is 4.70. The maximum atomic E-state index is 5.23. The monoisotopic (exact) mass is 234 g/mol. The second-order valence-electron chi connectivity index (χ2n) is 1.55. The van der Waals surface area contributed by atoms with Crippen molar-refractivity contribution in [3.8, 4) is 12.3 Å². The lowest BCUT2D eigenvalue weighted by atomic mass is 10.4. The number of nitrogens with two attached hydrogens (primary N) is 1. The van der Waals surface area contributed by atoms with E-state index in [1.807, 2.05) is 13.0 Å². The van der Waals surface area contributed by atoms with E-state index in [-0.39, 0.29) is 6.15 Å². The quantitative estimate of drug-likeness (QED) is 0.439. The van der Waals surface area contributed by atoms with Gasteiger partial charge in [-0.25, -0.2) is 0 Å². The summed E-state index contributed by atoms with van der Waals surface area (Å²) in [5, 5.41) is 5.23. The molecule has 0 saturated heterocycles. The summed E-state index contributed by atoms with van der Waals surface area (Å²) in [7, 11) is 0. The number of hydrogen-bond donors (Lipinski definition) is 2. The smallest absolute Gasteiger partial charge is 0.0722 e. The highest BCUT2D eigenvalue weighted by atomic mass is 79.9. The van der Waals surface area contributed by atoms with Crippen LogP contribution in [-0.4, -0.2) is 0 Å². The van der Waals surface area contributed by atoms with Gasteiger partial charge in [0.2, 0.25) is 0 Å². The molecule has 0 heterocycles. The molecule has 0 fully saturated rings. The Balaban J connectivity index is 0. The van der Waals surface area contributed by atoms with Gasteiger partial charge in [-0.1, -0.05) is 27.9 Å². The summed E-state index contributed by atoms with van der Waals surface area (Å²) in [4.78, 5) is 0.721. The molecule has 2 nitrogen and oxygen atoms in total. The van der Waals surface area contributed by atoms with Crippen molar-refractivity contribution in [2.75, 3.05) is 0 Å².